The molecule has 0 aromatic heterocycles. The fourth-order valence-electron chi connectivity index (χ4n) is 3.77. The summed E-state index contributed by atoms with van der Waals surface area (Å²) in [6.45, 7) is 0.254. The molecule has 0 spiro atoms. The van der Waals surface area contributed by atoms with Gasteiger partial charge in [0.15, 0.2) is 0 Å². The van der Waals surface area contributed by atoms with Crippen molar-refractivity contribution < 1.29 is 23.5 Å². The van der Waals surface area contributed by atoms with Gasteiger partial charge in [-0.2, -0.15) is 0 Å². The second kappa shape index (κ2) is 8.49. The lowest BCUT2D eigenvalue weighted by molar-refractivity contribution is -0.131. The Bertz CT molecular complexity index is 1010. The molecule has 2 aliphatic rings. The number of hydrogen-bond acceptors (Lipinski definition) is 4. The van der Waals surface area contributed by atoms with Crippen LogP contribution in [0.15, 0.2) is 54.1 Å². The van der Waals surface area contributed by atoms with Crippen LogP contribution >= 0.6 is 0 Å². The molecule has 0 atom stereocenters. The van der Waals surface area contributed by atoms with Gasteiger partial charge in [0.1, 0.15) is 23.7 Å². The van der Waals surface area contributed by atoms with E-state index in [0.717, 1.165) is 31.2 Å². The third-order valence-corrected chi connectivity index (χ3v) is 5.31. The summed E-state index contributed by atoms with van der Waals surface area (Å²) in [5.41, 5.74) is 1.34. The van der Waals surface area contributed by atoms with Gasteiger partial charge in [-0.05, 0) is 54.3 Å². The number of imide groups is 2. The van der Waals surface area contributed by atoms with Crippen molar-refractivity contribution in [3.05, 3.63) is 71.0 Å². The molecule has 2 aromatic carbocycles. The predicted octanol–water partition coefficient (Wildman–Crippen LogP) is 3.81. The first-order valence-electron chi connectivity index (χ1n) is 9.89. The Labute approximate surface area is 173 Å². The number of urea groups is 1. The zero-order chi connectivity index (χ0) is 21.1. The minimum atomic E-state index is -0.697. The van der Waals surface area contributed by atoms with Crippen molar-refractivity contribution in [3.63, 3.8) is 0 Å². The second-order valence-corrected chi connectivity index (χ2v) is 7.42. The van der Waals surface area contributed by atoms with Crippen molar-refractivity contribution in [2.45, 2.75) is 38.3 Å². The number of carbonyl (C=O) groups is 3. The maximum atomic E-state index is 13.0. The van der Waals surface area contributed by atoms with Gasteiger partial charge >= 0.3 is 6.03 Å². The number of hydrogen-bond donors (Lipinski definition) is 1. The van der Waals surface area contributed by atoms with Crippen molar-refractivity contribution in [1.29, 1.82) is 0 Å². The molecule has 6 nitrogen and oxygen atoms in total. The van der Waals surface area contributed by atoms with Crippen LogP contribution in [0.3, 0.4) is 0 Å². The Kier molecular flexibility index (Phi) is 5.61. The van der Waals surface area contributed by atoms with Crippen LogP contribution in [0.1, 0.15) is 36.8 Å². The van der Waals surface area contributed by atoms with Gasteiger partial charge < -0.3 is 4.74 Å². The quantitative estimate of drug-likeness (QED) is 0.603. The molecular weight excluding hydrogens is 387 g/mol. The van der Waals surface area contributed by atoms with Gasteiger partial charge in [-0.1, -0.05) is 37.1 Å². The van der Waals surface area contributed by atoms with Crippen LogP contribution < -0.4 is 10.1 Å². The van der Waals surface area contributed by atoms with Crippen molar-refractivity contribution in [1.82, 2.24) is 10.2 Å². The molecule has 1 saturated heterocycles. The van der Waals surface area contributed by atoms with E-state index in [-0.39, 0.29) is 24.0 Å². The lowest BCUT2D eigenvalue weighted by atomic mass is 10.1. The number of nitrogens with one attached hydrogen (secondary N) is 1. The summed E-state index contributed by atoms with van der Waals surface area (Å²) < 4.78 is 18.7. The molecule has 1 aliphatic carbocycles. The van der Waals surface area contributed by atoms with Crippen LogP contribution in [0.4, 0.5) is 9.18 Å². The second-order valence-electron chi connectivity index (χ2n) is 7.42. The van der Waals surface area contributed by atoms with Crippen molar-refractivity contribution in [2.75, 3.05) is 0 Å². The summed E-state index contributed by atoms with van der Waals surface area (Å²) in [6.07, 6.45) is 4.90. The maximum absolute atomic E-state index is 13.0. The zero-order valence-electron chi connectivity index (χ0n) is 16.3. The molecule has 4 rings (SSSR count). The Hall–Kier alpha value is -3.48. The van der Waals surface area contributed by atoms with Crippen molar-refractivity contribution in [3.8, 4) is 5.75 Å². The van der Waals surface area contributed by atoms with Crippen LogP contribution in [0.2, 0.25) is 0 Å². The van der Waals surface area contributed by atoms with Gasteiger partial charge in [0.05, 0.1) is 0 Å². The summed E-state index contributed by atoms with van der Waals surface area (Å²) in [5.74, 6) is -1.03. The van der Waals surface area contributed by atoms with E-state index in [0.29, 0.717) is 11.3 Å². The molecular formula is C23H21FN2O4. The Morgan fingerprint density at radius 2 is 1.80 bits per heavy atom. The van der Waals surface area contributed by atoms with Gasteiger partial charge in [-0.15, -0.1) is 0 Å². The maximum Gasteiger partial charge on any atom is 0.331 e. The van der Waals surface area contributed by atoms with E-state index >= 15 is 0 Å². The van der Waals surface area contributed by atoms with Crippen molar-refractivity contribution >= 4 is 23.9 Å². The SMILES string of the molecule is O=C1NC(=O)N(C2CCCC2)C(=O)/C1=C/c1cccc(OCc2ccc(F)cc2)c1. The average Bonchev–Trinajstić information content (AvgIpc) is 3.25. The highest BCUT2D eigenvalue weighted by Crippen LogP contribution is 2.27. The first-order valence-corrected chi connectivity index (χ1v) is 9.89. The van der Waals surface area contributed by atoms with Gasteiger partial charge in [0, 0.05) is 6.04 Å². The van der Waals surface area contributed by atoms with Crippen LogP contribution in [-0.2, 0) is 16.2 Å². The highest BCUT2D eigenvalue weighted by Gasteiger charge is 2.40. The molecule has 1 aliphatic heterocycles. The van der Waals surface area contributed by atoms with Crippen LogP contribution in [0.5, 0.6) is 5.75 Å². The monoisotopic (exact) mass is 408 g/mol. The van der Waals surface area contributed by atoms with Gasteiger partial charge in [-0.25, -0.2) is 9.18 Å². The highest BCUT2D eigenvalue weighted by molar-refractivity contribution is 6.31. The van der Waals surface area contributed by atoms with E-state index in [1.54, 1.807) is 36.4 Å². The summed E-state index contributed by atoms with van der Waals surface area (Å²) in [6, 6.07) is 12.1. The van der Waals surface area contributed by atoms with E-state index < -0.39 is 17.8 Å². The number of barbiturate groups is 1. The molecule has 0 bridgehead atoms. The fraction of sp³-hybridized carbons (Fsp3) is 0.261. The standard InChI is InChI=1S/C23H21FN2O4/c24-17-10-8-15(9-11-17)14-30-19-7-3-4-16(12-19)13-20-21(27)25-23(29)26(22(20)28)18-5-1-2-6-18/h3-4,7-13,18H,1-2,5-6,14H2,(H,25,27,29)/b20-13+. The summed E-state index contributed by atoms with van der Waals surface area (Å²) >= 11 is 0. The Balaban J connectivity index is 1.52. The normalized spacial score (nSPS) is 18.8. The molecule has 1 heterocycles. The lowest BCUT2D eigenvalue weighted by Crippen LogP contribution is -2.57. The number of rotatable bonds is 5. The average molecular weight is 408 g/mol. The summed E-state index contributed by atoms with van der Waals surface area (Å²) in [4.78, 5) is 38.5. The number of halogens is 1. The third-order valence-electron chi connectivity index (χ3n) is 5.31. The van der Waals surface area contributed by atoms with Crippen LogP contribution in [-0.4, -0.2) is 28.8 Å². The number of benzene rings is 2. The molecule has 0 unspecified atom stereocenters. The molecule has 1 saturated carbocycles. The number of amides is 4. The van der Waals surface area contributed by atoms with Gasteiger partial charge in [0.25, 0.3) is 11.8 Å². The Morgan fingerprint density at radius 3 is 2.53 bits per heavy atom. The minimum absolute atomic E-state index is 0.0721. The molecule has 30 heavy (non-hydrogen) atoms. The van der Waals surface area contributed by atoms with E-state index in [4.69, 9.17) is 4.74 Å². The first kappa shape index (κ1) is 19.8. The molecule has 154 valence electrons. The minimum Gasteiger partial charge on any atom is -0.489 e. The topological polar surface area (TPSA) is 75.7 Å². The number of ether oxygens (including phenoxy) is 1. The van der Waals surface area contributed by atoms with Gasteiger partial charge in [-0.3, -0.25) is 19.8 Å². The Morgan fingerprint density at radius 1 is 1.07 bits per heavy atom. The first-order chi connectivity index (χ1) is 14.5. The van der Waals surface area contributed by atoms with Crippen molar-refractivity contribution in [2.24, 2.45) is 0 Å². The van der Waals surface area contributed by atoms with Crippen LogP contribution in [0.25, 0.3) is 6.08 Å². The molecule has 0 radical (unpaired) electrons. The molecule has 4 amide bonds. The number of carbonyl (C=O) groups excluding carboxylic acids is 3. The largest absolute Gasteiger partial charge is 0.489 e. The molecule has 2 fully saturated rings. The molecule has 2 aromatic rings. The van der Waals surface area contributed by atoms with E-state index in [9.17, 15) is 18.8 Å². The van der Waals surface area contributed by atoms with E-state index in [1.807, 2.05) is 0 Å². The van der Waals surface area contributed by atoms with E-state index in [2.05, 4.69) is 5.32 Å². The molecule has 1 N–H and O–H groups in total. The van der Waals surface area contributed by atoms with Gasteiger partial charge in [0.2, 0.25) is 0 Å². The third kappa shape index (κ3) is 4.25. The number of nitrogens with zero attached hydrogens (tertiary/aromatic N) is 1. The fourth-order valence-corrected chi connectivity index (χ4v) is 3.77. The smallest absolute Gasteiger partial charge is 0.331 e. The summed E-state index contributed by atoms with van der Waals surface area (Å²) in [5, 5.41) is 2.27. The van der Waals surface area contributed by atoms with E-state index in [1.165, 1.54) is 23.1 Å². The summed E-state index contributed by atoms with van der Waals surface area (Å²) in [7, 11) is 0. The highest BCUT2D eigenvalue weighted by atomic mass is 19.1. The van der Waals surface area contributed by atoms with Crippen LogP contribution in [0, 0.1) is 5.82 Å². The zero-order valence-corrected chi connectivity index (χ0v) is 16.3. The lowest BCUT2D eigenvalue weighted by Gasteiger charge is -2.31. The predicted molar refractivity (Wildman–Crippen MR) is 108 cm³/mol. The molecule has 7 heteroatoms.